The fraction of sp³-hybridized carbons (Fsp3) is 0.625. The second-order valence-corrected chi connectivity index (χ2v) is 6.07. The summed E-state index contributed by atoms with van der Waals surface area (Å²) >= 11 is 0. The van der Waals surface area contributed by atoms with Gasteiger partial charge >= 0.3 is 6.18 Å². The summed E-state index contributed by atoms with van der Waals surface area (Å²) in [6.07, 6.45) is -0.825. The van der Waals surface area contributed by atoms with Crippen LogP contribution < -0.4 is 5.73 Å². The molecule has 2 nitrogen and oxygen atoms in total. The second-order valence-electron chi connectivity index (χ2n) is 6.07. The molecule has 1 fully saturated rings. The zero-order valence-electron chi connectivity index (χ0n) is 12.4. The summed E-state index contributed by atoms with van der Waals surface area (Å²) in [6, 6.07) is 5.00. The molecule has 118 valence electrons. The van der Waals surface area contributed by atoms with Crippen LogP contribution in [0.25, 0.3) is 0 Å². The van der Waals surface area contributed by atoms with Crippen molar-refractivity contribution in [1.29, 1.82) is 0 Å². The lowest BCUT2D eigenvalue weighted by molar-refractivity contribution is -0.137. The van der Waals surface area contributed by atoms with Crippen LogP contribution >= 0.6 is 0 Å². The van der Waals surface area contributed by atoms with Crippen molar-refractivity contribution in [3.8, 4) is 0 Å². The van der Waals surface area contributed by atoms with Gasteiger partial charge in [0, 0.05) is 12.6 Å². The van der Waals surface area contributed by atoms with Crippen molar-refractivity contribution in [2.24, 2.45) is 11.7 Å². The van der Waals surface area contributed by atoms with E-state index in [4.69, 9.17) is 5.73 Å². The standard InChI is InChI=1S/C16H23F3N2/c1-12-4-3-8-21(9-7-12)11-15(20)13-5-2-6-14(10-13)16(17,18)19/h2,5-6,10,12,15H,3-4,7-9,11,20H2,1H3. The number of hydrogen-bond acceptors (Lipinski definition) is 2. The molecule has 0 radical (unpaired) electrons. The lowest BCUT2D eigenvalue weighted by atomic mass is 10.0. The third-order valence-electron chi connectivity index (χ3n) is 4.21. The van der Waals surface area contributed by atoms with Crippen LogP contribution in [-0.2, 0) is 6.18 Å². The molecule has 1 heterocycles. The van der Waals surface area contributed by atoms with E-state index in [1.54, 1.807) is 6.07 Å². The van der Waals surface area contributed by atoms with Crippen LogP contribution in [0.1, 0.15) is 43.4 Å². The highest BCUT2D eigenvalue weighted by atomic mass is 19.4. The average molecular weight is 300 g/mol. The van der Waals surface area contributed by atoms with Crippen molar-refractivity contribution < 1.29 is 13.2 Å². The summed E-state index contributed by atoms with van der Waals surface area (Å²) in [5, 5.41) is 0. The molecule has 1 aliphatic rings. The van der Waals surface area contributed by atoms with Crippen LogP contribution in [0.5, 0.6) is 0 Å². The minimum atomic E-state index is -4.31. The predicted octanol–water partition coefficient (Wildman–Crippen LogP) is 3.83. The number of alkyl halides is 3. The number of rotatable bonds is 3. The van der Waals surface area contributed by atoms with Crippen molar-refractivity contribution in [3.05, 3.63) is 35.4 Å². The normalized spacial score (nSPS) is 22.8. The Morgan fingerprint density at radius 3 is 2.76 bits per heavy atom. The molecule has 21 heavy (non-hydrogen) atoms. The number of likely N-dealkylation sites (tertiary alicyclic amines) is 1. The van der Waals surface area contributed by atoms with E-state index in [1.807, 2.05) is 0 Å². The Morgan fingerprint density at radius 2 is 2.05 bits per heavy atom. The van der Waals surface area contributed by atoms with E-state index >= 15 is 0 Å². The Bertz CT molecular complexity index is 459. The van der Waals surface area contributed by atoms with E-state index in [2.05, 4.69) is 11.8 Å². The van der Waals surface area contributed by atoms with Gasteiger partial charge in [0.2, 0.25) is 0 Å². The van der Waals surface area contributed by atoms with Gasteiger partial charge in [-0.05, 0) is 56.0 Å². The third-order valence-corrected chi connectivity index (χ3v) is 4.21. The molecule has 2 unspecified atom stereocenters. The van der Waals surface area contributed by atoms with Crippen LogP contribution in [0.4, 0.5) is 13.2 Å². The lowest BCUT2D eigenvalue weighted by Gasteiger charge is -2.24. The molecule has 2 rings (SSSR count). The first-order valence-electron chi connectivity index (χ1n) is 7.51. The maximum Gasteiger partial charge on any atom is 0.416 e. The predicted molar refractivity (Wildman–Crippen MR) is 77.8 cm³/mol. The van der Waals surface area contributed by atoms with Crippen molar-refractivity contribution in [2.75, 3.05) is 19.6 Å². The SMILES string of the molecule is CC1CCCN(CC(N)c2cccc(C(F)(F)F)c2)CC1. The van der Waals surface area contributed by atoms with E-state index in [0.717, 1.165) is 37.9 Å². The van der Waals surface area contributed by atoms with Crippen LogP contribution in [0.2, 0.25) is 0 Å². The highest BCUT2D eigenvalue weighted by Gasteiger charge is 2.30. The molecule has 1 saturated heterocycles. The Hall–Kier alpha value is -1.07. The van der Waals surface area contributed by atoms with Gasteiger partial charge < -0.3 is 10.6 Å². The first-order chi connectivity index (χ1) is 9.86. The summed E-state index contributed by atoms with van der Waals surface area (Å²) < 4.78 is 38.2. The minimum Gasteiger partial charge on any atom is -0.323 e. The Labute approximate surface area is 124 Å². The molecule has 0 saturated carbocycles. The van der Waals surface area contributed by atoms with Gasteiger partial charge in [-0.1, -0.05) is 19.1 Å². The summed E-state index contributed by atoms with van der Waals surface area (Å²) in [4.78, 5) is 2.27. The molecule has 1 aliphatic heterocycles. The van der Waals surface area contributed by atoms with Gasteiger partial charge in [-0.15, -0.1) is 0 Å². The Kier molecular flexibility index (Phi) is 5.27. The van der Waals surface area contributed by atoms with Crippen molar-refractivity contribution in [1.82, 2.24) is 4.90 Å². The van der Waals surface area contributed by atoms with E-state index in [-0.39, 0.29) is 6.04 Å². The fourth-order valence-corrected chi connectivity index (χ4v) is 2.83. The molecule has 0 amide bonds. The van der Waals surface area contributed by atoms with Crippen molar-refractivity contribution >= 4 is 0 Å². The van der Waals surface area contributed by atoms with E-state index in [9.17, 15) is 13.2 Å². The summed E-state index contributed by atoms with van der Waals surface area (Å²) in [5.74, 6) is 0.722. The topological polar surface area (TPSA) is 29.3 Å². The summed E-state index contributed by atoms with van der Waals surface area (Å²) in [6.45, 7) is 4.83. The fourth-order valence-electron chi connectivity index (χ4n) is 2.83. The number of hydrogen-bond donors (Lipinski definition) is 1. The smallest absolute Gasteiger partial charge is 0.323 e. The van der Waals surface area contributed by atoms with Crippen molar-refractivity contribution in [2.45, 2.75) is 38.4 Å². The number of benzene rings is 1. The zero-order valence-corrected chi connectivity index (χ0v) is 12.4. The van der Waals surface area contributed by atoms with Gasteiger partial charge in [-0.25, -0.2) is 0 Å². The van der Waals surface area contributed by atoms with E-state index in [1.165, 1.54) is 18.6 Å². The largest absolute Gasteiger partial charge is 0.416 e. The number of nitrogens with zero attached hydrogens (tertiary/aromatic N) is 1. The molecule has 2 N–H and O–H groups in total. The highest BCUT2D eigenvalue weighted by molar-refractivity contribution is 5.28. The molecular formula is C16H23F3N2. The van der Waals surface area contributed by atoms with Crippen molar-refractivity contribution in [3.63, 3.8) is 0 Å². The quantitative estimate of drug-likeness (QED) is 0.919. The first kappa shape index (κ1) is 16.3. The van der Waals surface area contributed by atoms with E-state index < -0.39 is 11.7 Å². The average Bonchev–Trinajstić information content (AvgIpc) is 2.63. The molecule has 2 atom stereocenters. The number of halogens is 3. The lowest BCUT2D eigenvalue weighted by Crippen LogP contribution is -2.33. The van der Waals surface area contributed by atoms with E-state index in [0.29, 0.717) is 12.1 Å². The number of nitrogens with two attached hydrogens (primary N) is 1. The molecule has 0 aliphatic carbocycles. The Morgan fingerprint density at radius 1 is 1.29 bits per heavy atom. The van der Waals surface area contributed by atoms with Crippen LogP contribution in [0.15, 0.2) is 24.3 Å². The molecule has 1 aromatic carbocycles. The molecule has 1 aromatic rings. The van der Waals surface area contributed by atoms with Gasteiger partial charge in [0.05, 0.1) is 5.56 Å². The first-order valence-corrected chi connectivity index (χ1v) is 7.51. The maximum absolute atomic E-state index is 12.7. The summed E-state index contributed by atoms with van der Waals surface area (Å²) in [7, 11) is 0. The molecule has 5 heteroatoms. The Balaban J connectivity index is 2.01. The third kappa shape index (κ3) is 4.71. The zero-order chi connectivity index (χ0) is 15.5. The van der Waals surface area contributed by atoms with Gasteiger partial charge in [0.1, 0.15) is 0 Å². The van der Waals surface area contributed by atoms with Crippen LogP contribution in [-0.4, -0.2) is 24.5 Å². The van der Waals surface area contributed by atoms with Gasteiger partial charge in [-0.2, -0.15) is 13.2 Å². The minimum absolute atomic E-state index is 0.374. The summed E-state index contributed by atoms with van der Waals surface area (Å²) in [5.41, 5.74) is 6.05. The van der Waals surface area contributed by atoms with Crippen LogP contribution in [0.3, 0.4) is 0 Å². The molecule has 0 aromatic heterocycles. The second kappa shape index (κ2) is 6.79. The highest BCUT2D eigenvalue weighted by Crippen LogP contribution is 2.30. The molecule has 0 bridgehead atoms. The van der Waals surface area contributed by atoms with Gasteiger partial charge in [0.15, 0.2) is 0 Å². The monoisotopic (exact) mass is 300 g/mol. The molecule has 0 spiro atoms. The molecular weight excluding hydrogens is 277 g/mol. The maximum atomic E-state index is 12.7. The van der Waals surface area contributed by atoms with Crippen LogP contribution in [0, 0.1) is 5.92 Å². The van der Waals surface area contributed by atoms with Gasteiger partial charge in [-0.3, -0.25) is 0 Å². The van der Waals surface area contributed by atoms with Gasteiger partial charge in [0.25, 0.3) is 0 Å².